The highest BCUT2D eigenvalue weighted by Gasteiger charge is 2.48. The summed E-state index contributed by atoms with van der Waals surface area (Å²) in [5, 5.41) is 6.52. The number of nitrogens with zero attached hydrogens (tertiary/aromatic N) is 3. The number of carbonyl (C=O) groups excluding carboxylic acids is 1. The van der Waals surface area contributed by atoms with E-state index in [1.165, 1.54) is 0 Å². The summed E-state index contributed by atoms with van der Waals surface area (Å²) < 4.78 is 10.5. The highest BCUT2D eigenvalue weighted by Crippen LogP contribution is 2.27. The minimum atomic E-state index is -0.805. The zero-order chi connectivity index (χ0) is 12.7. The summed E-state index contributed by atoms with van der Waals surface area (Å²) in [6.07, 6.45) is 0.330. The predicted octanol–water partition coefficient (Wildman–Crippen LogP) is 0.997. The van der Waals surface area contributed by atoms with Crippen LogP contribution in [0.3, 0.4) is 0 Å². The summed E-state index contributed by atoms with van der Waals surface area (Å²) in [5.74, 6) is -0.300. The Kier molecular flexibility index (Phi) is 5.21. The van der Waals surface area contributed by atoms with Crippen molar-refractivity contribution in [3.63, 3.8) is 0 Å². The fourth-order valence-corrected chi connectivity index (χ4v) is 1.95. The van der Waals surface area contributed by atoms with Crippen LogP contribution < -0.4 is 5.32 Å². The first-order valence-electron chi connectivity index (χ1n) is 5.72. The first kappa shape index (κ1) is 13.8. The van der Waals surface area contributed by atoms with E-state index in [0.29, 0.717) is 32.7 Å². The molecule has 0 radical (unpaired) electrons. The molecule has 0 spiro atoms. The van der Waals surface area contributed by atoms with Crippen LogP contribution in [-0.4, -0.2) is 43.9 Å². The van der Waals surface area contributed by atoms with Crippen LogP contribution in [-0.2, 0) is 14.3 Å². The van der Waals surface area contributed by atoms with Crippen molar-refractivity contribution in [1.82, 2.24) is 5.32 Å². The van der Waals surface area contributed by atoms with Gasteiger partial charge in [0.1, 0.15) is 5.54 Å². The summed E-state index contributed by atoms with van der Waals surface area (Å²) in [6, 6.07) is 0. The van der Waals surface area contributed by atoms with Crippen LogP contribution in [0.4, 0.5) is 0 Å². The number of nitrogens with one attached hydrogen (secondary N) is 1. The Hall–Kier alpha value is -1.30. The lowest BCUT2D eigenvalue weighted by molar-refractivity contribution is -0.153. The number of hydrogen-bond donors (Lipinski definition) is 1. The third-order valence-electron chi connectivity index (χ3n) is 2.91. The minimum Gasteiger partial charge on any atom is -0.465 e. The van der Waals surface area contributed by atoms with E-state index in [1.54, 1.807) is 6.92 Å². The molecule has 0 bridgehead atoms. The second-order valence-corrected chi connectivity index (χ2v) is 3.84. The molecule has 17 heavy (non-hydrogen) atoms. The average molecular weight is 242 g/mol. The molecule has 0 aliphatic carbocycles. The van der Waals surface area contributed by atoms with Crippen molar-refractivity contribution in [2.24, 2.45) is 5.11 Å². The molecule has 0 aromatic carbocycles. The van der Waals surface area contributed by atoms with E-state index in [0.717, 1.165) is 0 Å². The van der Waals surface area contributed by atoms with Crippen LogP contribution in [0.2, 0.25) is 0 Å². The van der Waals surface area contributed by atoms with Gasteiger partial charge in [0.05, 0.1) is 12.7 Å². The molecule has 1 aliphatic heterocycles. The molecule has 2 atom stereocenters. The predicted molar refractivity (Wildman–Crippen MR) is 61.4 cm³/mol. The summed E-state index contributed by atoms with van der Waals surface area (Å²) in [6.45, 7) is 5.19. The molecule has 0 aromatic heterocycles. The van der Waals surface area contributed by atoms with Gasteiger partial charge in [0.15, 0.2) is 0 Å². The van der Waals surface area contributed by atoms with E-state index in [1.807, 2.05) is 6.92 Å². The van der Waals surface area contributed by atoms with Crippen LogP contribution in [0.5, 0.6) is 0 Å². The van der Waals surface area contributed by atoms with Gasteiger partial charge in [-0.15, -0.1) is 0 Å². The summed E-state index contributed by atoms with van der Waals surface area (Å²) in [4.78, 5) is 14.6. The lowest BCUT2D eigenvalue weighted by atomic mass is 9.92. The molecular formula is C10H18N4O3. The smallest absolute Gasteiger partial charge is 0.329 e. The fraction of sp³-hybridized carbons (Fsp3) is 0.900. The monoisotopic (exact) mass is 242 g/mol. The van der Waals surface area contributed by atoms with Gasteiger partial charge < -0.3 is 9.47 Å². The van der Waals surface area contributed by atoms with Crippen molar-refractivity contribution >= 4 is 5.97 Å². The van der Waals surface area contributed by atoms with Gasteiger partial charge in [-0.3, -0.25) is 5.32 Å². The Balaban J connectivity index is 2.65. The van der Waals surface area contributed by atoms with Gasteiger partial charge in [-0.2, -0.15) is 0 Å². The molecule has 1 heterocycles. The quantitative estimate of drug-likeness (QED) is 0.247. The first-order chi connectivity index (χ1) is 8.17. The second-order valence-electron chi connectivity index (χ2n) is 3.84. The molecule has 0 aromatic rings. The van der Waals surface area contributed by atoms with Crippen molar-refractivity contribution in [3.05, 3.63) is 10.4 Å². The van der Waals surface area contributed by atoms with E-state index in [9.17, 15) is 4.79 Å². The third-order valence-corrected chi connectivity index (χ3v) is 2.91. The van der Waals surface area contributed by atoms with E-state index in [4.69, 9.17) is 15.0 Å². The van der Waals surface area contributed by atoms with Crippen LogP contribution in [0.25, 0.3) is 10.4 Å². The third kappa shape index (κ3) is 3.09. The Morgan fingerprint density at radius 3 is 3.06 bits per heavy atom. The van der Waals surface area contributed by atoms with Gasteiger partial charge in [-0.05, 0) is 19.4 Å². The maximum Gasteiger partial charge on any atom is 0.329 e. The molecule has 0 amide bonds. The zero-order valence-electron chi connectivity index (χ0n) is 10.2. The lowest BCUT2D eigenvalue weighted by Gasteiger charge is -2.30. The van der Waals surface area contributed by atoms with Gasteiger partial charge in [0, 0.05) is 31.0 Å². The zero-order valence-corrected chi connectivity index (χ0v) is 10.2. The number of hydrogen-bond acceptors (Lipinski definition) is 5. The topological polar surface area (TPSA) is 96.3 Å². The maximum absolute atomic E-state index is 12.0. The minimum absolute atomic E-state index is 0.243. The number of carbonyl (C=O) groups is 1. The number of rotatable bonds is 6. The Labute approximate surface area is 100 Å². The fourth-order valence-electron chi connectivity index (χ4n) is 1.95. The van der Waals surface area contributed by atoms with Gasteiger partial charge in [0.25, 0.3) is 0 Å². The molecule has 0 saturated carbocycles. The summed E-state index contributed by atoms with van der Waals surface area (Å²) in [5.41, 5.74) is 7.38. The van der Waals surface area contributed by atoms with E-state index >= 15 is 0 Å². The van der Waals surface area contributed by atoms with Crippen molar-refractivity contribution in [3.8, 4) is 0 Å². The van der Waals surface area contributed by atoms with Gasteiger partial charge in [-0.1, -0.05) is 5.11 Å². The van der Waals surface area contributed by atoms with Crippen molar-refractivity contribution in [2.75, 3.05) is 26.3 Å². The van der Waals surface area contributed by atoms with Gasteiger partial charge in [0.2, 0.25) is 0 Å². The number of azide groups is 1. The Bertz CT molecular complexity index is 317. The molecule has 2 unspecified atom stereocenters. The van der Waals surface area contributed by atoms with Crippen molar-refractivity contribution < 1.29 is 14.3 Å². The highest BCUT2D eigenvalue weighted by atomic mass is 16.5. The van der Waals surface area contributed by atoms with E-state index in [-0.39, 0.29) is 12.1 Å². The number of ether oxygens (including phenoxy) is 2. The van der Waals surface area contributed by atoms with E-state index in [2.05, 4.69) is 15.3 Å². The molecule has 96 valence electrons. The normalized spacial score (nSPS) is 27.5. The SMILES string of the molecule is CCOC(=O)C1(NCCN=[N+]=[N-])CCOC1C. The molecule has 1 aliphatic rings. The van der Waals surface area contributed by atoms with Crippen LogP contribution in [0.1, 0.15) is 20.3 Å². The average Bonchev–Trinajstić information content (AvgIpc) is 2.68. The van der Waals surface area contributed by atoms with Gasteiger partial charge >= 0.3 is 5.97 Å². The van der Waals surface area contributed by atoms with E-state index < -0.39 is 5.54 Å². The molecule has 1 fully saturated rings. The lowest BCUT2D eigenvalue weighted by Crippen LogP contribution is -2.58. The standard InChI is InChI=1S/C10H18N4O3/c1-3-16-9(15)10(4-7-17-8(10)2)12-5-6-13-14-11/h8,12H,3-7H2,1-2H3. The Morgan fingerprint density at radius 2 is 2.53 bits per heavy atom. The first-order valence-corrected chi connectivity index (χ1v) is 5.72. The van der Waals surface area contributed by atoms with Gasteiger partial charge in [-0.25, -0.2) is 4.79 Å². The van der Waals surface area contributed by atoms with Crippen LogP contribution >= 0.6 is 0 Å². The Morgan fingerprint density at radius 1 is 1.76 bits per heavy atom. The number of esters is 1. The maximum atomic E-state index is 12.0. The van der Waals surface area contributed by atoms with Crippen LogP contribution in [0, 0.1) is 0 Å². The molecular weight excluding hydrogens is 224 g/mol. The molecule has 7 nitrogen and oxygen atoms in total. The largest absolute Gasteiger partial charge is 0.465 e. The molecule has 1 saturated heterocycles. The van der Waals surface area contributed by atoms with Crippen molar-refractivity contribution in [1.29, 1.82) is 0 Å². The van der Waals surface area contributed by atoms with Crippen LogP contribution in [0.15, 0.2) is 5.11 Å². The highest BCUT2D eigenvalue weighted by molar-refractivity contribution is 5.82. The summed E-state index contributed by atoms with van der Waals surface area (Å²) in [7, 11) is 0. The summed E-state index contributed by atoms with van der Waals surface area (Å²) >= 11 is 0. The molecule has 7 heteroatoms. The molecule has 1 N–H and O–H groups in total. The second kappa shape index (κ2) is 6.44. The van der Waals surface area contributed by atoms with Crippen molar-refractivity contribution in [2.45, 2.75) is 31.9 Å². The molecule has 1 rings (SSSR count).